The van der Waals surface area contributed by atoms with E-state index in [1.54, 1.807) is 29.2 Å². The molecule has 1 aliphatic rings. The number of hydrogen-bond donors (Lipinski definition) is 1. The van der Waals surface area contributed by atoms with Gasteiger partial charge >= 0.3 is 0 Å². The second kappa shape index (κ2) is 8.90. The van der Waals surface area contributed by atoms with Crippen LogP contribution in [-0.4, -0.2) is 35.6 Å². The van der Waals surface area contributed by atoms with Crippen molar-refractivity contribution in [2.75, 3.05) is 20.2 Å². The lowest BCUT2D eigenvalue weighted by Crippen LogP contribution is -2.35. The first-order chi connectivity index (χ1) is 13.0. The van der Waals surface area contributed by atoms with E-state index in [2.05, 4.69) is 17.1 Å². The van der Waals surface area contributed by atoms with E-state index in [1.807, 2.05) is 6.07 Å². The molecule has 146 valence electrons. The first-order valence-corrected chi connectivity index (χ1v) is 9.34. The molecule has 1 aliphatic heterocycles. The van der Waals surface area contributed by atoms with Gasteiger partial charge < -0.3 is 19.0 Å². The molecule has 1 N–H and O–H groups in total. The molecule has 0 aromatic carbocycles. The molecule has 7 nitrogen and oxygen atoms in total. The van der Waals surface area contributed by atoms with Crippen LogP contribution in [0.4, 0.5) is 0 Å². The van der Waals surface area contributed by atoms with Crippen LogP contribution in [0.3, 0.4) is 0 Å². The van der Waals surface area contributed by atoms with Gasteiger partial charge in [0.15, 0.2) is 5.75 Å². The van der Waals surface area contributed by atoms with Crippen molar-refractivity contribution in [2.24, 2.45) is 5.92 Å². The third-order valence-electron chi connectivity index (χ3n) is 5.02. The number of amides is 1. The fourth-order valence-corrected chi connectivity index (χ4v) is 3.29. The van der Waals surface area contributed by atoms with E-state index in [1.165, 1.54) is 7.11 Å². The maximum absolute atomic E-state index is 12.4. The predicted octanol–water partition coefficient (Wildman–Crippen LogP) is 2.00. The number of ether oxygens (including phenoxy) is 1. The Morgan fingerprint density at radius 3 is 2.81 bits per heavy atom. The van der Waals surface area contributed by atoms with E-state index in [9.17, 15) is 9.59 Å². The number of nitrogens with one attached hydrogen (secondary N) is 1. The average Bonchev–Trinajstić information content (AvgIpc) is 3.17. The molecular weight excluding hydrogens is 346 g/mol. The standard InChI is InChI=1S/C20H27N3O4/c1-15-5-7-22(8-6-15)12-16-10-18(24)19(26-2)13-23(16)14-20(25)21-11-17-4-3-9-27-17/h3-4,9-10,13,15H,5-8,11-12,14H2,1-2H3,(H,21,25). The van der Waals surface area contributed by atoms with Crippen molar-refractivity contribution < 1.29 is 13.9 Å². The Balaban J connectivity index is 1.71. The summed E-state index contributed by atoms with van der Waals surface area (Å²) in [6.45, 7) is 5.39. The van der Waals surface area contributed by atoms with Crippen LogP contribution in [0.25, 0.3) is 0 Å². The van der Waals surface area contributed by atoms with Gasteiger partial charge in [0.25, 0.3) is 0 Å². The second-order valence-corrected chi connectivity index (χ2v) is 7.14. The summed E-state index contributed by atoms with van der Waals surface area (Å²) in [7, 11) is 1.46. The molecule has 0 atom stereocenters. The quantitative estimate of drug-likeness (QED) is 0.803. The summed E-state index contributed by atoms with van der Waals surface area (Å²) in [5, 5.41) is 2.84. The molecule has 0 saturated carbocycles. The summed E-state index contributed by atoms with van der Waals surface area (Å²) in [6.07, 6.45) is 5.51. The van der Waals surface area contributed by atoms with Crippen LogP contribution >= 0.6 is 0 Å². The average molecular weight is 373 g/mol. The summed E-state index contributed by atoms with van der Waals surface area (Å²) in [6, 6.07) is 5.17. The molecule has 0 unspecified atom stereocenters. The molecule has 0 bridgehead atoms. The van der Waals surface area contributed by atoms with Crippen molar-refractivity contribution in [2.45, 2.75) is 39.4 Å². The number of furan rings is 1. The SMILES string of the molecule is COc1cn(CC(=O)NCc2ccco2)c(CN2CCC(C)CC2)cc1=O. The molecule has 2 aromatic heterocycles. The highest BCUT2D eigenvalue weighted by molar-refractivity contribution is 5.75. The molecule has 27 heavy (non-hydrogen) atoms. The van der Waals surface area contributed by atoms with E-state index in [-0.39, 0.29) is 23.6 Å². The van der Waals surface area contributed by atoms with E-state index in [0.717, 1.165) is 37.5 Å². The smallest absolute Gasteiger partial charge is 0.240 e. The van der Waals surface area contributed by atoms with Gasteiger partial charge in [0, 0.05) is 18.3 Å². The molecule has 1 saturated heterocycles. The minimum Gasteiger partial charge on any atom is -0.491 e. The van der Waals surface area contributed by atoms with Crippen LogP contribution in [0.5, 0.6) is 5.75 Å². The van der Waals surface area contributed by atoms with Gasteiger partial charge in [-0.1, -0.05) is 6.92 Å². The van der Waals surface area contributed by atoms with E-state index in [4.69, 9.17) is 9.15 Å². The van der Waals surface area contributed by atoms with Gasteiger partial charge in [-0.05, 0) is 44.0 Å². The number of carbonyl (C=O) groups is 1. The third-order valence-corrected chi connectivity index (χ3v) is 5.02. The van der Waals surface area contributed by atoms with Crippen molar-refractivity contribution in [1.82, 2.24) is 14.8 Å². The van der Waals surface area contributed by atoms with Crippen LogP contribution in [0.15, 0.2) is 39.9 Å². The highest BCUT2D eigenvalue weighted by Crippen LogP contribution is 2.18. The number of methoxy groups -OCH3 is 1. The fraction of sp³-hybridized carbons (Fsp3) is 0.500. The lowest BCUT2D eigenvalue weighted by atomic mass is 9.99. The molecule has 2 aromatic rings. The normalized spacial score (nSPS) is 15.6. The Bertz CT molecular complexity index is 805. The number of piperidine rings is 1. The Hall–Kier alpha value is -2.54. The lowest BCUT2D eigenvalue weighted by molar-refractivity contribution is -0.122. The molecule has 0 spiro atoms. The van der Waals surface area contributed by atoms with Gasteiger partial charge in [0.1, 0.15) is 12.3 Å². The van der Waals surface area contributed by atoms with Crippen LogP contribution in [0.2, 0.25) is 0 Å². The number of pyridine rings is 1. The lowest BCUT2D eigenvalue weighted by Gasteiger charge is -2.31. The Morgan fingerprint density at radius 2 is 2.15 bits per heavy atom. The van der Waals surface area contributed by atoms with Crippen molar-refractivity contribution in [3.05, 3.63) is 52.3 Å². The van der Waals surface area contributed by atoms with Crippen LogP contribution < -0.4 is 15.5 Å². The molecule has 1 fully saturated rings. The maximum atomic E-state index is 12.4. The number of carbonyl (C=O) groups excluding carboxylic acids is 1. The van der Waals surface area contributed by atoms with Crippen molar-refractivity contribution in [3.8, 4) is 5.75 Å². The summed E-state index contributed by atoms with van der Waals surface area (Å²) >= 11 is 0. The highest BCUT2D eigenvalue weighted by atomic mass is 16.5. The minimum absolute atomic E-state index is 0.122. The predicted molar refractivity (Wildman–Crippen MR) is 101 cm³/mol. The summed E-state index contributed by atoms with van der Waals surface area (Å²) < 4.78 is 12.2. The molecule has 3 rings (SSSR count). The Morgan fingerprint density at radius 1 is 1.37 bits per heavy atom. The zero-order valence-corrected chi connectivity index (χ0v) is 15.9. The molecule has 1 amide bonds. The number of rotatable bonds is 7. The highest BCUT2D eigenvalue weighted by Gasteiger charge is 2.18. The molecular formula is C20H27N3O4. The maximum Gasteiger partial charge on any atom is 0.240 e. The van der Waals surface area contributed by atoms with Gasteiger partial charge in [-0.3, -0.25) is 14.5 Å². The van der Waals surface area contributed by atoms with E-state index >= 15 is 0 Å². The minimum atomic E-state index is -0.162. The number of hydrogen-bond acceptors (Lipinski definition) is 5. The number of nitrogens with zero attached hydrogens (tertiary/aromatic N) is 2. The van der Waals surface area contributed by atoms with Gasteiger partial charge in [0.05, 0.1) is 26.1 Å². The zero-order valence-electron chi connectivity index (χ0n) is 15.9. The van der Waals surface area contributed by atoms with E-state index < -0.39 is 0 Å². The van der Waals surface area contributed by atoms with Crippen LogP contribution in [-0.2, 0) is 24.4 Å². The molecule has 7 heteroatoms. The zero-order chi connectivity index (χ0) is 19.2. The summed E-state index contributed by atoms with van der Waals surface area (Å²) in [5.74, 6) is 1.53. The van der Waals surface area contributed by atoms with Crippen molar-refractivity contribution in [3.63, 3.8) is 0 Å². The first kappa shape index (κ1) is 19.2. The summed E-state index contributed by atoms with van der Waals surface area (Å²) in [5.41, 5.74) is 0.661. The Labute approximate surface area is 158 Å². The molecule has 0 aliphatic carbocycles. The van der Waals surface area contributed by atoms with Gasteiger partial charge in [-0.15, -0.1) is 0 Å². The van der Waals surface area contributed by atoms with Gasteiger partial charge in [-0.25, -0.2) is 0 Å². The number of likely N-dealkylation sites (tertiary alicyclic amines) is 1. The van der Waals surface area contributed by atoms with Gasteiger partial charge in [0.2, 0.25) is 11.3 Å². The van der Waals surface area contributed by atoms with E-state index in [0.29, 0.717) is 18.8 Å². The van der Waals surface area contributed by atoms with Crippen molar-refractivity contribution in [1.29, 1.82) is 0 Å². The largest absolute Gasteiger partial charge is 0.491 e. The van der Waals surface area contributed by atoms with Crippen molar-refractivity contribution >= 4 is 5.91 Å². The topological polar surface area (TPSA) is 76.7 Å². The van der Waals surface area contributed by atoms with Crippen LogP contribution in [0.1, 0.15) is 31.2 Å². The fourth-order valence-electron chi connectivity index (χ4n) is 3.29. The van der Waals surface area contributed by atoms with Crippen LogP contribution in [0, 0.1) is 5.92 Å². The third kappa shape index (κ3) is 5.23. The summed E-state index contributed by atoms with van der Waals surface area (Å²) in [4.78, 5) is 26.9. The molecule has 0 radical (unpaired) electrons. The Kier molecular flexibility index (Phi) is 6.34. The number of aromatic nitrogens is 1. The van der Waals surface area contributed by atoms with Gasteiger partial charge in [-0.2, -0.15) is 0 Å². The second-order valence-electron chi connectivity index (χ2n) is 7.14. The molecule has 3 heterocycles. The monoisotopic (exact) mass is 373 g/mol. The first-order valence-electron chi connectivity index (χ1n) is 9.34.